The lowest BCUT2D eigenvalue weighted by molar-refractivity contribution is -0.149. The molecule has 2 heterocycles. The number of para-hydroxylation sites is 2. The second-order valence-electron chi connectivity index (χ2n) is 7.54. The quantitative estimate of drug-likeness (QED) is 0.830. The number of likely N-dealkylation sites (tertiary alicyclic amines) is 1. The van der Waals surface area contributed by atoms with Gasteiger partial charge in [-0.25, -0.2) is 4.98 Å². The molecule has 0 radical (unpaired) electrons. The van der Waals surface area contributed by atoms with Crippen molar-refractivity contribution in [1.82, 2.24) is 20.2 Å². The third-order valence-electron chi connectivity index (χ3n) is 5.03. The second kappa shape index (κ2) is 7.88. The fourth-order valence-electron chi connectivity index (χ4n) is 3.55. The first-order chi connectivity index (χ1) is 12.7. The Balaban J connectivity index is 1.63. The second-order valence-corrected chi connectivity index (χ2v) is 7.54. The van der Waals surface area contributed by atoms with Crippen LogP contribution in [0.15, 0.2) is 24.3 Å². The number of halogens is 3. The van der Waals surface area contributed by atoms with Crippen molar-refractivity contribution in [3.8, 4) is 0 Å². The summed E-state index contributed by atoms with van der Waals surface area (Å²) in [5.41, 5.74) is 1.75. The maximum atomic E-state index is 12.7. The lowest BCUT2D eigenvalue weighted by atomic mass is 9.94. The molecule has 0 spiro atoms. The van der Waals surface area contributed by atoms with Crippen molar-refractivity contribution >= 4 is 16.9 Å². The molecule has 0 aliphatic carbocycles. The average Bonchev–Trinajstić information content (AvgIpc) is 3.02. The number of aromatic amines is 1. The maximum Gasteiger partial charge on any atom is 0.401 e. The van der Waals surface area contributed by atoms with Gasteiger partial charge in [-0.15, -0.1) is 0 Å². The highest BCUT2D eigenvalue weighted by Gasteiger charge is 2.34. The monoisotopic (exact) mass is 382 g/mol. The summed E-state index contributed by atoms with van der Waals surface area (Å²) in [6.45, 7) is 3.67. The van der Waals surface area contributed by atoms with Crippen molar-refractivity contribution in [2.24, 2.45) is 11.8 Å². The number of carbonyl (C=O) groups is 1. The summed E-state index contributed by atoms with van der Waals surface area (Å²) in [5.74, 6) is 0.454. The largest absolute Gasteiger partial charge is 0.401 e. The van der Waals surface area contributed by atoms with E-state index in [0.29, 0.717) is 18.7 Å². The van der Waals surface area contributed by atoms with Crippen molar-refractivity contribution < 1.29 is 18.0 Å². The molecule has 1 aliphatic rings. The number of nitrogens with one attached hydrogen (secondary N) is 2. The number of nitrogens with zero attached hydrogens (tertiary/aromatic N) is 2. The molecule has 2 N–H and O–H groups in total. The van der Waals surface area contributed by atoms with Gasteiger partial charge in [0.2, 0.25) is 5.91 Å². The summed E-state index contributed by atoms with van der Waals surface area (Å²) in [7, 11) is 0. The molecule has 1 fully saturated rings. The molecule has 148 valence electrons. The lowest BCUT2D eigenvalue weighted by Gasteiger charge is -2.32. The van der Waals surface area contributed by atoms with Gasteiger partial charge < -0.3 is 10.3 Å². The minimum absolute atomic E-state index is 0.110. The molecule has 5 nitrogen and oxygen atoms in total. The lowest BCUT2D eigenvalue weighted by Crippen LogP contribution is -2.45. The van der Waals surface area contributed by atoms with E-state index in [1.807, 2.05) is 38.1 Å². The van der Waals surface area contributed by atoms with Gasteiger partial charge >= 0.3 is 6.18 Å². The number of imidazole rings is 1. The zero-order valence-electron chi connectivity index (χ0n) is 15.5. The minimum Gasteiger partial charge on any atom is -0.346 e. The normalized spacial score (nSPS) is 18.1. The standard InChI is InChI=1S/C19H25F3N4O/c1-12(2)16(17-23-14-5-3-4-6-15(14)24-17)25-18(27)13-7-9-26(10-8-13)11-19(20,21)22/h3-6,12-13,16H,7-11H2,1-2H3,(H,23,24)(H,25,27). The summed E-state index contributed by atoms with van der Waals surface area (Å²) in [5, 5.41) is 3.05. The van der Waals surface area contributed by atoms with Crippen LogP contribution in [-0.2, 0) is 4.79 Å². The van der Waals surface area contributed by atoms with Crippen molar-refractivity contribution in [3.63, 3.8) is 0 Å². The summed E-state index contributed by atoms with van der Waals surface area (Å²) >= 11 is 0. The van der Waals surface area contributed by atoms with Crippen LogP contribution in [0.3, 0.4) is 0 Å². The van der Waals surface area contributed by atoms with Gasteiger partial charge in [0.05, 0.1) is 23.6 Å². The van der Waals surface area contributed by atoms with Crippen molar-refractivity contribution in [1.29, 1.82) is 0 Å². The number of carbonyl (C=O) groups excluding carboxylic acids is 1. The van der Waals surface area contributed by atoms with Crippen LogP contribution in [-0.4, -0.2) is 46.6 Å². The van der Waals surface area contributed by atoms with Gasteiger partial charge in [0, 0.05) is 5.92 Å². The molecule has 27 heavy (non-hydrogen) atoms. The average molecular weight is 382 g/mol. The van der Waals surface area contributed by atoms with E-state index < -0.39 is 12.7 Å². The molecular weight excluding hydrogens is 357 g/mol. The van der Waals surface area contributed by atoms with E-state index in [2.05, 4.69) is 15.3 Å². The number of amides is 1. The maximum absolute atomic E-state index is 12.7. The molecule has 0 bridgehead atoms. The Morgan fingerprint density at radius 3 is 2.56 bits per heavy atom. The van der Waals surface area contributed by atoms with Crippen LogP contribution in [0.4, 0.5) is 13.2 Å². The Morgan fingerprint density at radius 1 is 1.30 bits per heavy atom. The molecule has 1 aliphatic heterocycles. The van der Waals surface area contributed by atoms with E-state index in [1.165, 1.54) is 4.90 Å². The van der Waals surface area contributed by atoms with E-state index in [-0.39, 0.29) is 36.9 Å². The molecule has 3 rings (SSSR count). The Hall–Kier alpha value is -2.09. The SMILES string of the molecule is CC(C)C(NC(=O)C1CCN(CC(F)(F)F)CC1)c1nc2ccccc2[nH]1. The highest BCUT2D eigenvalue weighted by Crippen LogP contribution is 2.26. The fraction of sp³-hybridized carbons (Fsp3) is 0.579. The van der Waals surface area contributed by atoms with E-state index in [4.69, 9.17) is 0 Å². The van der Waals surface area contributed by atoms with Gasteiger partial charge in [0.15, 0.2) is 0 Å². The van der Waals surface area contributed by atoms with Gasteiger partial charge in [-0.2, -0.15) is 13.2 Å². The molecular formula is C19H25F3N4O. The van der Waals surface area contributed by atoms with Crippen LogP contribution >= 0.6 is 0 Å². The van der Waals surface area contributed by atoms with Crippen molar-refractivity contribution in [3.05, 3.63) is 30.1 Å². The molecule has 1 saturated heterocycles. The number of fused-ring (bicyclic) bond motifs is 1. The number of hydrogen-bond acceptors (Lipinski definition) is 3. The molecule has 1 aromatic heterocycles. The molecule has 8 heteroatoms. The van der Waals surface area contributed by atoms with E-state index in [1.54, 1.807) is 0 Å². The predicted octanol–water partition coefficient (Wildman–Crippen LogP) is 3.65. The molecule has 0 saturated carbocycles. The molecule has 1 unspecified atom stereocenters. The summed E-state index contributed by atoms with van der Waals surface area (Å²) < 4.78 is 37.5. The van der Waals surface area contributed by atoms with Crippen LogP contribution in [0.5, 0.6) is 0 Å². The Kier molecular flexibility index (Phi) is 5.74. The van der Waals surface area contributed by atoms with E-state index in [9.17, 15) is 18.0 Å². The zero-order chi connectivity index (χ0) is 19.6. The van der Waals surface area contributed by atoms with Crippen LogP contribution in [0, 0.1) is 11.8 Å². The third kappa shape index (κ3) is 5.00. The van der Waals surface area contributed by atoms with Gasteiger partial charge in [0.25, 0.3) is 0 Å². The smallest absolute Gasteiger partial charge is 0.346 e. The summed E-state index contributed by atoms with van der Waals surface area (Å²) in [4.78, 5) is 21.9. The van der Waals surface area contributed by atoms with Crippen LogP contribution in [0.2, 0.25) is 0 Å². The van der Waals surface area contributed by atoms with Gasteiger partial charge in [-0.05, 0) is 44.0 Å². The third-order valence-corrected chi connectivity index (χ3v) is 5.03. The predicted molar refractivity (Wildman–Crippen MR) is 97.0 cm³/mol. The van der Waals surface area contributed by atoms with Gasteiger partial charge in [-0.3, -0.25) is 9.69 Å². The molecule has 1 amide bonds. The zero-order valence-corrected chi connectivity index (χ0v) is 15.5. The van der Waals surface area contributed by atoms with Crippen LogP contribution in [0.1, 0.15) is 38.6 Å². The number of rotatable bonds is 5. The highest BCUT2D eigenvalue weighted by atomic mass is 19.4. The van der Waals surface area contributed by atoms with Crippen LogP contribution < -0.4 is 5.32 Å². The van der Waals surface area contributed by atoms with E-state index in [0.717, 1.165) is 11.0 Å². The number of piperidine rings is 1. The highest BCUT2D eigenvalue weighted by molar-refractivity contribution is 5.79. The van der Waals surface area contributed by atoms with Gasteiger partial charge in [0.1, 0.15) is 5.82 Å². The Morgan fingerprint density at radius 2 is 1.96 bits per heavy atom. The topological polar surface area (TPSA) is 61.0 Å². The first-order valence-corrected chi connectivity index (χ1v) is 9.27. The number of benzene rings is 1. The molecule has 1 aromatic carbocycles. The van der Waals surface area contributed by atoms with Crippen LogP contribution in [0.25, 0.3) is 11.0 Å². The first-order valence-electron chi connectivity index (χ1n) is 9.27. The molecule has 1 atom stereocenters. The number of alkyl halides is 3. The number of hydrogen-bond donors (Lipinski definition) is 2. The number of H-pyrrole nitrogens is 1. The van der Waals surface area contributed by atoms with Crippen molar-refractivity contribution in [2.75, 3.05) is 19.6 Å². The Bertz CT molecular complexity index is 746. The molecule has 2 aromatic rings. The van der Waals surface area contributed by atoms with Crippen molar-refractivity contribution in [2.45, 2.75) is 38.9 Å². The minimum atomic E-state index is -4.20. The fourth-order valence-corrected chi connectivity index (χ4v) is 3.55. The van der Waals surface area contributed by atoms with Gasteiger partial charge in [-0.1, -0.05) is 26.0 Å². The Labute approximate surface area is 156 Å². The first kappa shape index (κ1) is 19.7. The summed E-state index contributed by atoms with van der Waals surface area (Å²) in [6.07, 6.45) is -3.32. The van der Waals surface area contributed by atoms with E-state index >= 15 is 0 Å². The summed E-state index contributed by atoms with van der Waals surface area (Å²) in [6, 6.07) is 7.40. The number of aromatic nitrogens is 2.